The van der Waals surface area contributed by atoms with Gasteiger partial charge in [0.15, 0.2) is 0 Å². The number of hydrogen-bond acceptors (Lipinski definition) is 2. The molecule has 2 atom stereocenters. The number of nitrogens with one attached hydrogen (secondary N) is 1. The molecule has 3 heteroatoms. The third-order valence-electron chi connectivity index (χ3n) is 5.28. The maximum absolute atomic E-state index is 11.9. The minimum absolute atomic E-state index is 0.0774. The van der Waals surface area contributed by atoms with E-state index in [1.54, 1.807) is 0 Å². The topological polar surface area (TPSA) is 32.3 Å². The SMILES string of the molecule is C[C@@]12CCCC[C@@]13NC(=O)CN3c1ccccc12. The van der Waals surface area contributed by atoms with Crippen molar-refractivity contribution in [3.05, 3.63) is 29.8 Å². The number of carbonyl (C=O) groups is 1. The fourth-order valence-corrected chi connectivity index (χ4v) is 4.42. The van der Waals surface area contributed by atoms with Crippen molar-refractivity contribution in [3.8, 4) is 0 Å². The van der Waals surface area contributed by atoms with Gasteiger partial charge in [0.1, 0.15) is 5.66 Å². The molecule has 1 aromatic rings. The number of anilines is 1. The molecule has 94 valence electrons. The summed E-state index contributed by atoms with van der Waals surface area (Å²) in [4.78, 5) is 14.2. The van der Waals surface area contributed by atoms with Crippen LogP contribution in [0.4, 0.5) is 5.69 Å². The third-order valence-corrected chi connectivity index (χ3v) is 5.28. The molecule has 1 spiro atoms. The Morgan fingerprint density at radius 3 is 2.89 bits per heavy atom. The number of para-hydroxylation sites is 1. The fraction of sp³-hybridized carbons (Fsp3) is 0.533. The predicted molar refractivity (Wildman–Crippen MR) is 70.5 cm³/mol. The van der Waals surface area contributed by atoms with Crippen LogP contribution in [-0.4, -0.2) is 18.1 Å². The van der Waals surface area contributed by atoms with Crippen molar-refractivity contribution >= 4 is 11.6 Å². The highest BCUT2D eigenvalue weighted by atomic mass is 16.2. The molecule has 1 aliphatic carbocycles. The Balaban J connectivity index is 1.99. The Bertz CT molecular complexity index is 541. The normalized spacial score (nSPS) is 36.9. The summed E-state index contributed by atoms with van der Waals surface area (Å²) < 4.78 is 0. The van der Waals surface area contributed by atoms with E-state index in [2.05, 4.69) is 41.4 Å². The molecule has 1 saturated carbocycles. The second kappa shape index (κ2) is 3.08. The average molecular weight is 242 g/mol. The van der Waals surface area contributed by atoms with Gasteiger partial charge >= 0.3 is 0 Å². The molecule has 1 amide bonds. The molecule has 3 aliphatic rings. The van der Waals surface area contributed by atoms with Gasteiger partial charge in [-0.2, -0.15) is 0 Å². The van der Waals surface area contributed by atoms with Crippen molar-refractivity contribution in [1.29, 1.82) is 0 Å². The van der Waals surface area contributed by atoms with Crippen molar-refractivity contribution in [3.63, 3.8) is 0 Å². The second-order valence-corrected chi connectivity index (χ2v) is 6.05. The molecule has 1 N–H and O–H groups in total. The van der Waals surface area contributed by atoms with Gasteiger partial charge < -0.3 is 10.2 Å². The van der Waals surface area contributed by atoms with Crippen LogP contribution in [0, 0.1) is 0 Å². The summed E-state index contributed by atoms with van der Waals surface area (Å²) in [6.45, 7) is 2.85. The maximum Gasteiger partial charge on any atom is 0.241 e. The van der Waals surface area contributed by atoms with Crippen molar-refractivity contribution in [2.45, 2.75) is 43.7 Å². The van der Waals surface area contributed by atoms with Crippen LogP contribution in [0.1, 0.15) is 38.2 Å². The first-order valence-electron chi connectivity index (χ1n) is 6.86. The van der Waals surface area contributed by atoms with E-state index >= 15 is 0 Å². The van der Waals surface area contributed by atoms with Gasteiger partial charge in [0.05, 0.1) is 6.54 Å². The molecule has 0 radical (unpaired) electrons. The first-order chi connectivity index (χ1) is 8.67. The average Bonchev–Trinajstić information content (AvgIpc) is 2.80. The lowest BCUT2D eigenvalue weighted by molar-refractivity contribution is -0.119. The molecule has 1 saturated heterocycles. The highest BCUT2D eigenvalue weighted by Crippen LogP contribution is 2.58. The fourth-order valence-electron chi connectivity index (χ4n) is 4.42. The molecule has 2 aliphatic heterocycles. The summed E-state index contributed by atoms with van der Waals surface area (Å²) in [5, 5.41) is 3.31. The molecular weight excluding hydrogens is 224 g/mol. The summed E-state index contributed by atoms with van der Waals surface area (Å²) in [7, 11) is 0. The van der Waals surface area contributed by atoms with E-state index in [9.17, 15) is 4.79 Å². The summed E-state index contributed by atoms with van der Waals surface area (Å²) in [6.07, 6.45) is 4.71. The third kappa shape index (κ3) is 0.957. The summed E-state index contributed by atoms with van der Waals surface area (Å²) in [6, 6.07) is 8.61. The summed E-state index contributed by atoms with van der Waals surface area (Å²) in [5.41, 5.74) is 2.62. The van der Waals surface area contributed by atoms with Gasteiger partial charge in [-0.15, -0.1) is 0 Å². The zero-order valence-corrected chi connectivity index (χ0v) is 10.7. The van der Waals surface area contributed by atoms with Crippen molar-refractivity contribution in [2.75, 3.05) is 11.4 Å². The van der Waals surface area contributed by atoms with E-state index in [4.69, 9.17) is 0 Å². The number of carbonyl (C=O) groups excluding carboxylic acids is 1. The van der Waals surface area contributed by atoms with Crippen molar-refractivity contribution < 1.29 is 4.79 Å². The summed E-state index contributed by atoms with van der Waals surface area (Å²) >= 11 is 0. The van der Waals surface area contributed by atoms with Crippen molar-refractivity contribution in [2.24, 2.45) is 0 Å². The number of amides is 1. The molecule has 1 aromatic carbocycles. The van der Waals surface area contributed by atoms with Crippen LogP contribution < -0.4 is 10.2 Å². The highest BCUT2D eigenvalue weighted by molar-refractivity contribution is 5.90. The molecule has 4 rings (SSSR count). The first-order valence-corrected chi connectivity index (χ1v) is 6.86. The molecule has 2 heterocycles. The van der Waals surface area contributed by atoms with Crippen molar-refractivity contribution in [1.82, 2.24) is 5.32 Å². The second-order valence-electron chi connectivity index (χ2n) is 6.05. The smallest absolute Gasteiger partial charge is 0.241 e. The van der Waals surface area contributed by atoms with E-state index in [1.165, 1.54) is 30.5 Å². The first kappa shape index (κ1) is 10.4. The lowest BCUT2D eigenvalue weighted by atomic mass is 9.65. The minimum Gasteiger partial charge on any atom is -0.338 e. The minimum atomic E-state index is -0.147. The van der Waals surface area contributed by atoms with E-state index in [0.717, 1.165) is 6.42 Å². The highest BCUT2D eigenvalue weighted by Gasteiger charge is 2.63. The largest absolute Gasteiger partial charge is 0.338 e. The Hall–Kier alpha value is -1.51. The van der Waals surface area contributed by atoms with Gasteiger partial charge in [-0.1, -0.05) is 31.5 Å². The van der Waals surface area contributed by atoms with E-state index in [1.807, 2.05) is 0 Å². The lowest BCUT2D eigenvalue weighted by Gasteiger charge is -2.48. The Morgan fingerprint density at radius 1 is 1.22 bits per heavy atom. The quantitative estimate of drug-likeness (QED) is 0.756. The van der Waals surface area contributed by atoms with Crippen LogP contribution >= 0.6 is 0 Å². The zero-order valence-electron chi connectivity index (χ0n) is 10.7. The van der Waals surface area contributed by atoms with Crippen LogP contribution in [0.2, 0.25) is 0 Å². The van der Waals surface area contributed by atoms with Crippen LogP contribution in [0.5, 0.6) is 0 Å². The van der Waals surface area contributed by atoms with Gasteiger partial charge in [0.25, 0.3) is 0 Å². The van der Waals surface area contributed by atoms with Gasteiger partial charge in [0, 0.05) is 11.1 Å². The van der Waals surface area contributed by atoms with E-state index < -0.39 is 0 Å². The van der Waals surface area contributed by atoms with Gasteiger partial charge in [-0.05, 0) is 30.9 Å². The number of nitrogens with zero attached hydrogens (tertiary/aromatic N) is 1. The molecule has 0 unspecified atom stereocenters. The molecule has 3 nitrogen and oxygen atoms in total. The Labute approximate surface area is 107 Å². The monoisotopic (exact) mass is 242 g/mol. The van der Waals surface area contributed by atoms with Gasteiger partial charge in [0.2, 0.25) is 5.91 Å². The maximum atomic E-state index is 11.9. The van der Waals surface area contributed by atoms with E-state index in [0.29, 0.717) is 6.54 Å². The van der Waals surface area contributed by atoms with Gasteiger partial charge in [-0.25, -0.2) is 0 Å². The zero-order chi connectivity index (χ0) is 12.4. The molecular formula is C15H18N2O. The Kier molecular flexibility index (Phi) is 1.78. The van der Waals surface area contributed by atoms with Crippen LogP contribution in [-0.2, 0) is 10.2 Å². The predicted octanol–water partition coefficient (Wildman–Crippen LogP) is 2.16. The van der Waals surface area contributed by atoms with Crippen LogP contribution in [0.15, 0.2) is 24.3 Å². The molecule has 0 bridgehead atoms. The molecule has 2 fully saturated rings. The van der Waals surface area contributed by atoms with Crippen LogP contribution in [0.3, 0.4) is 0 Å². The van der Waals surface area contributed by atoms with Crippen LogP contribution in [0.25, 0.3) is 0 Å². The van der Waals surface area contributed by atoms with E-state index in [-0.39, 0.29) is 17.0 Å². The molecule has 0 aromatic heterocycles. The lowest BCUT2D eigenvalue weighted by Crippen LogP contribution is -2.62. The number of benzene rings is 1. The Morgan fingerprint density at radius 2 is 2.00 bits per heavy atom. The number of fused-ring (bicyclic) bond motifs is 3. The number of hydrogen-bond donors (Lipinski definition) is 1. The van der Waals surface area contributed by atoms with Gasteiger partial charge in [-0.3, -0.25) is 4.79 Å². The number of rotatable bonds is 0. The standard InChI is InChI=1S/C15H18N2O/c1-14-8-4-5-9-15(14)16-13(18)10-17(15)12-7-3-2-6-11(12)14/h2-3,6-7H,4-5,8-10H2,1H3,(H,16,18)/t14-,15-/m0/s1. The summed E-state index contributed by atoms with van der Waals surface area (Å²) in [5.74, 6) is 0.178. The molecule has 18 heavy (non-hydrogen) atoms.